The van der Waals surface area contributed by atoms with Crippen molar-refractivity contribution in [3.05, 3.63) is 32.7 Å². The average molecular weight is 321 g/mol. The summed E-state index contributed by atoms with van der Waals surface area (Å²) >= 11 is 6.99. The van der Waals surface area contributed by atoms with Crippen molar-refractivity contribution in [2.45, 2.75) is 18.6 Å². The van der Waals surface area contributed by atoms with Crippen molar-refractivity contribution >= 4 is 31.9 Å². The summed E-state index contributed by atoms with van der Waals surface area (Å²) in [6.07, 6.45) is 0.931. The van der Waals surface area contributed by atoms with Gasteiger partial charge in [0.05, 0.1) is 12.2 Å². The lowest BCUT2D eigenvalue weighted by Gasteiger charge is -2.12. The second kappa shape index (κ2) is 4.28. The number of hydrogen-bond acceptors (Lipinski definition) is 3. The molecule has 1 heterocycles. The second-order valence-electron chi connectivity index (χ2n) is 3.35. The first-order chi connectivity index (χ1) is 6.66. The minimum Gasteiger partial charge on any atom is -0.315 e. The summed E-state index contributed by atoms with van der Waals surface area (Å²) in [5.74, 6) is 0. The van der Waals surface area contributed by atoms with Crippen molar-refractivity contribution in [1.29, 1.82) is 0 Å². The molecule has 4 N–H and O–H groups in total. The predicted molar refractivity (Wildman–Crippen MR) is 63.4 cm³/mol. The lowest BCUT2D eigenvalue weighted by Crippen LogP contribution is -2.36. The Labute approximate surface area is 99.7 Å². The zero-order chi connectivity index (χ0) is 10.1. The van der Waals surface area contributed by atoms with Gasteiger partial charge in [-0.15, -0.1) is 0 Å². The fourth-order valence-electron chi connectivity index (χ4n) is 1.57. The van der Waals surface area contributed by atoms with Crippen molar-refractivity contribution in [2.75, 3.05) is 0 Å². The number of halogens is 2. The van der Waals surface area contributed by atoms with Gasteiger partial charge in [-0.1, -0.05) is 31.9 Å². The first kappa shape index (κ1) is 10.6. The van der Waals surface area contributed by atoms with E-state index in [2.05, 4.69) is 48.8 Å². The van der Waals surface area contributed by atoms with E-state index in [0.717, 1.165) is 15.4 Å². The highest BCUT2D eigenvalue weighted by molar-refractivity contribution is 9.11. The van der Waals surface area contributed by atoms with Gasteiger partial charge in [-0.25, -0.2) is 10.9 Å². The highest BCUT2D eigenvalue weighted by Crippen LogP contribution is 2.30. The fourth-order valence-corrected chi connectivity index (χ4v) is 2.47. The molecule has 1 aliphatic heterocycles. The average Bonchev–Trinajstić information content (AvgIpc) is 2.56. The van der Waals surface area contributed by atoms with Crippen LogP contribution in [0.1, 0.15) is 18.0 Å². The molecule has 2 atom stereocenters. The Kier molecular flexibility index (Phi) is 3.23. The van der Waals surface area contributed by atoms with Crippen LogP contribution in [0.3, 0.4) is 0 Å². The van der Waals surface area contributed by atoms with Crippen LogP contribution in [0.25, 0.3) is 0 Å². The smallest absolute Gasteiger partial charge is 0.0698 e. The summed E-state index contributed by atoms with van der Waals surface area (Å²) in [5, 5.41) is 0. The molecule has 76 valence electrons. The number of nitrogens with two attached hydrogens (primary N) is 1. The van der Waals surface area contributed by atoms with Crippen LogP contribution >= 0.6 is 31.9 Å². The Hall–Kier alpha value is 0.0600. The molecular weight excluding hydrogens is 310 g/mol. The van der Waals surface area contributed by atoms with Gasteiger partial charge in [-0.2, -0.15) is 0 Å². The van der Waals surface area contributed by atoms with E-state index in [1.807, 2.05) is 12.1 Å². The first-order valence-corrected chi connectivity index (χ1v) is 5.97. The molecule has 1 aromatic rings. The molecule has 1 saturated heterocycles. The SMILES string of the molecule is NC1CC(c2cc(Br)ccc2Br)NN1. The quantitative estimate of drug-likeness (QED) is 0.742. The van der Waals surface area contributed by atoms with Gasteiger partial charge in [0.15, 0.2) is 0 Å². The molecule has 0 radical (unpaired) electrons. The van der Waals surface area contributed by atoms with E-state index >= 15 is 0 Å². The van der Waals surface area contributed by atoms with Gasteiger partial charge < -0.3 is 5.73 Å². The summed E-state index contributed by atoms with van der Waals surface area (Å²) in [7, 11) is 0. The molecule has 1 aromatic carbocycles. The van der Waals surface area contributed by atoms with Gasteiger partial charge in [0.25, 0.3) is 0 Å². The minimum absolute atomic E-state index is 0.0332. The number of nitrogens with one attached hydrogen (secondary N) is 2. The molecule has 14 heavy (non-hydrogen) atoms. The van der Waals surface area contributed by atoms with Crippen LogP contribution in [0.2, 0.25) is 0 Å². The van der Waals surface area contributed by atoms with Crippen LogP contribution in [0.15, 0.2) is 27.1 Å². The summed E-state index contributed by atoms with van der Waals surface area (Å²) in [6.45, 7) is 0. The molecule has 2 unspecified atom stereocenters. The largest absolute Gasteiger partial charge is 0.315 e. The van der Waals surface area contributed by atoms with E-state index < -0.39 is 0 Å². The molecule has 1 aliphatic rings. The normalized spacial score (nSPS) is 26.8. The van der Waals surface area contributed by atoms with Gasteiger partial charge >= 0.3 is 0 Å². The number of benzene rings is 1. The van der Waals surface area contributed by atoms with Crippen LogP contribution in [0.5, 0.6) is 0 Å². The van der Waals surface area contributed by atoms with Crippen LogP contribution in [-0.2, 0) is 0 Å². The number of hydrazine groups is 1. The maximum Gasteiger partial charge on any atom is 0.0698 e. The van der Waals surface area contributed by atoms with Crippen LogP contribution < -0.4 is 16.6 Å². The molecule has 0 amide bonds. The van der Waals surface area contributed by atoms with E-state index in [1.165, 1.54) is 5.56 Å². The lowest BCUT2D eigenvalue weighted by atomic mass is 10.1. The summed E-state index contributed by atoms with van der Waals surface area (Å²) in [4.78, 5) is 0. The van der Waals surface area contributed by atoms with Crippen LogP contribution in [0, 0.1) is 0 Å². The summed E-state index contributed by atoms with van der Waals surface area (Å²) in [5.41, 5.74) is 13.1. The van der Waals surface area contributed by atoms with Crippen molar-refractivity contribution < 1.29 is 0 Å². The maximum atomic E-state index is 5.75. The standard InChI is InChI=1S/C9H11Br2N3/c10-5-1-2-7(11)6(3-5)8-4-9(12)14-13-8/h1-3,8-9,13-14H,4,12H2. The van der Waals surface area contributed by atoms with Gasteiger partial charge in [0.1, 0.15) is 0 Å². The van der Waals surface area contributed by atoms with E-state index in [1.54, 1.807) is 0 Å². The monoisotopic (exact) mass is 319 g/mol. The zero-order valence-electron chi connectivity index (χ0n) is 7.43. The van der Waals surface area contributed by atoms with Gasteiger partial charge in [-0.3, -0.25) is 0 Å². The third-order valence-corrected chi connectivity index (χ3v) is 3.48. The molecule has 1 fully saturated rings. The Bertz CT molecular complexity index is 343. The first-order valence-electron chi connectivity index (χ1n) is 4.38. The van der Waals surface area contributed by atoms with E-state index in [9.17, 15) is 0 Å². The highest BCUT2D eigenvalue weighted by Gasteiger charge is 2.23. The number of rotatable bonds is 1. The Morgan fingerprint density at radius 2 is 2.07 bits per heavy atom. The third kappa shape index (κ3) is 2.17. The maximum absolute atomic E-state index is 5.75. The second-order valence-corrected chi connectivity index (χ2v) is 5.12. The topological polar surface area (TPSA) is 50.1 Å². The molecular formula is C9H11Br2N3. The zero-order valence-corrected chi connectivity index (χ0v) is 10.6. The predicted octanol–water partition coefficient (Wildman–Crippen LogP) is 2.04. The van der Waals surface area contributed by atoms with Gasteiger partial charge in [-0.05, 0) is 30.2 Å². The molecule has 0 bridgehead atoms. The molecule has 5 heteroatoms. The van der Waals surface area contributed by atoms with Crippen molar-refractivity contribution in [3.8, 4) is 0 Å². The summed E-state index contributed by atoms with van der Waals surface area (Å²) < 4.78 is 2.19. The fraction of sp³-hybridized carbons (Fsp3) is 0.333. The Morgan fingerprint density at radius 1 is 1.29 bits per heavy atom. The molecule has 3 nitrogen and oxygen atoms in total. The van der Waals surface area contributed by atoms with Gasteiger partial charge in [0, 0.05) is 8.95 Å². The highest BCUT2D eigenvalue weighted by atomic mass is 79.9. The van der Waals surface area contributed by atoms with Crippen LogP contribution in [-0.4, -0.2) is 6.17 Å². The van der Waals surface area contributed by atoms with E-state index in [4.69, 9.17) is 5.73 Å². The Morgan fingerprint density at radius 3 is 2.71 bits per heavy atom. The number of hydrogen-bond donors (Lipinski definition) is 3. The van der Waals surface area contributed by atoms with Crippen molar-refractivity contribution in [2.24, 2.45) is 5.73 Å². The molecule has 0 saturated carbocycles. The van der Waals surface area contributed by atoms with E-state index in [-0.39, 0.29) is 12.2 Å². The summed E-state index contributed by atoms with van der Waals surface area (Å²) in [6, 6.07) is 6.42. The van der Waals surface area contributed by atoms with E-state index in [0.29, 0.717) is 0 Å². The molecule has 0 aliphatic carbocycles. The molecule has 2 rings (SSSR count). The molecule has 0 spiro atoms. The lowest BCUT2D eigenvalue weighted by molar-refractivity contribution is 0.551. The van der Waals surface area contributed by atoms with Crippen molar-refractivity contribution in [3.63, 3.8) is 0 Å². The molecule has 0 aromatic heterocycles. The van der Waals surface area contributed by atoms with Crippen molar-refractivity contribution in [1.82, 2.24) is 10.9 Å². The van der Waals surface area contributed by atoms with Crippen LogP contribution in [0.4, 0.5) is 0 Å². The minimum atomic E-state index is 0.0332. The third-order valence-electron chi connectivity index (χ3n) is 2.27. The van der Waals surface area contributed by atoms with Gasteiger partial charge in [0.2, 0.25) is 0 Å². The Balaban J connectivity index is 2.27.